The molecule has 2 aromatic carbocycles. The van der Waals surface area contributed by atoms with Crippen LogP contribution in [0.2, 0.25) is 0 Å². The summed E-state index contributed by atoms with van der Waals surface area (Å²) in [6.07, 6.45) is 7.21. The van der Waals surface area contributed by atoms with Crippen LogP contribution in [0.1, 0.15) is 69.6 Å². The van der Waals surface area contributed by atoms with Gasteiger partial charge in [-0.25, -0.2) is 0 Å². The first kappa shape index (κ1) is 17.6. The highest BCUT2D eigenvalue weighted by atomic mass is 16.3. The molecular formula is C22H30O. The van der Waals surface area contributed by atoms with Gasteiger partial charge in [-0.15, -0.1) is 0 Å². The molecule has 0 aliphatic rings. The van der Waals surface area contributed by atoms with E-state index in [9.17, 15) is 5.11 Å². The minimum atomic E-state index is -0.146. The molecule has 0 aliphatic carbocycles. The summed E-state index contributed by atoms with van der Waals surface area (Å²) in [5.41, 5.74) is 3.67. The second-order valence-electron chi connectivity index (χ2n) is 6.67. The lowest BCUT2D eigenvalue weighted by Crippen LogP contribution is -2.24. The zero-order valence-electron chi connectivity index (χ0n) is 14.8. The molecule has 1 unspecified atom stereocenters. The number of phenols is 1. The van der Waals surface area contributed by atoms with Crippen molar-refractivity contribution in [1.82, 2.24) is 0 Å². The predicted octanol–water partition coefficient (Wildman–Crippen LogP) is 6.23. The highest BCUT2D eigenvalue weighted by molar-refractivity contribution is 5.48. The van der Waals surface area contributed by atoms with Crippen molar-refractivity contribution in [1.29, 1.82) is 0 Å². The molecule has 0 aliphatic heterocycles. The molecule has 1 heteroatoms. The normalized spacial score (nSPS) is 13.7. The fraction of sp³-hybridized carbons (Fsp3) is 0.455. The lowest BCUT2D eigenvalue weighted by Gasteiger charge is -2.32. The van der Waals surface area contributed by atoms with E-state index in [4.69, 9.17) is 0 Å². The van der Waals surface area contributed by atoms with Crippen LogP contribution in [-0.4, -0.2) is 5.11 Å². The molecule has 23 heavy (non-hydrogen) atoms. The maximum Gasteiger partial charge on any atom is 0.119 e. The van der Waals surface area contributed by atoms with E-state index in [2.05, 4.69) is 51.1 Å². The Morgan fingerprint density at radius 1 is 0.826 bits per heavy atom. The first-order chi connectivity index (χ1) is 11.1. The minimum absolute atomic E-state index is 0.146. The first-order valence-corrected chi connectivity index (χ1v) is 9.00. The second kappa shape index (κ2) is 8.19. The summed E-state index contributed by atoms with van der Waals surface area (Å²) in [6, 6.07) is 16.5. The summed E-state index contributed by atoms with van der Waals surface area (Å²) >= 11 is 0. The summed E-state index contributed by atoms with van der Waals surface area (Å²) in [5, 5.41) is 10.4. The average molecular weight is 310 g/mol. The predicted molar refractivity (Wildman–Crippen MR) is 99.1 cm³/mol. The van der Waals surface area contributed by atoms with Crippen LogP contribution >= 0.6 is 0 Å². The highest BCUT2D eigenvalue weighted by Gasteiger charge is 2.31. The number of benzene rings is 2. The van der Waals surface area contributed by atoms with Gasteiger partial charge in [0, 0.05) is 11.0 Å². The van der Waals surface area contributed by atoms with E-state index >= 15 is 0 Å². The van der Waals surface area contributed by atoms with Crippen molar-refractivity contribution in [3.8, 4) is 5.75 Å². The van der Waals surface area contributed by atoms with E-state index in [1.807, 2.05) is 12.1 Å². The summed E-state index contributed by atoms with van der Waals surface area (Å²) in [4.78, 5) is 0. The Balaban J connectivity index is 2.36. The van der Waals surface area contributed by atoms with Crippen LogP contribution < -0.4 is 0 Å². The van der Waals surface area contributed by atoms with Crippen LogP contribution in [-0.2, 0) is 11.8 Å². The Hall–Kier alpha value is -1.76. The highest BCUT2D eigenvalue weighted by Crippen LogP contribution is 2.41. The van der Waals surface area contributed by atoms with Crippen molar-refractivity contribution in [2.75, 3.05) is 0 Å². The summed E-state index contributed by atoms with van der Waals surface area (Å²) in [5.74, 6) is 0.401. The maximum atomic E-state index is 10.4. The Morgan fingerprint density at radius 2 is 1.48 bits per heavy atom. The maximum absolute atomic E-state index is 10.4. The van der Waals surface area contributed by atoms with Gasteiger partial charge in [0.25, 0.3) is 0 Å². The molecule has 2 aromatic rings. The van der Waals surface area contributed by atoms with Crippen molar-refractivity contribution in [3.63, 3.8) is 0 Å². The molecule has 0 spiro atoms. The Kier molecular flexibility index (Phi) is 6.27. The third-order valence-electron chi connectivity index (χ3n) is 5.12. The molecule has 1 N–H and O–H groups in total. The third kappa shape index (κ3) is 3.96. The number of unbranched alkanes of at least 4 members (excludes halogenated alkanes) is 3. The summed E-state index contributed by atoms with van der Waals surface area (Å²) < 4.78 is 0. The van der Waals surface area contributed by atoms with Crippen LogP contribution in [0.25, 0.3) is 0 Å². The van der Waals surface area contributed by atoms with Gasteiger partial charge in [-0.2, -0.15) is 0 Å². The third-order valence-corrected chi connectivity index (χ3v) is 5.12. The lowest BCUT2D eigenvalue weighted by molar-refractivity contribution is 0.440. The Bertz CT molecular complexity index is 617. The van der Waals surface area contributed by atoms with E-state index in [0.717, 1.165) is 18.4 Å². The van der Waals surface area contributed by atoms with Gasteiger partial charge in [-0.3, -0.25) is 0 Å². The fourth-order valence-corrected chi connectivity index (χ4v) is 3.49. The SMILES string of the molecule is CCCCCCc1ccccc1C(C)(CC)c1ccccc1O. The molecule has 124 valence electrons. The van der Waals surface area contributed by atoms with E-state index in [0.29, 0.717) is 5.75 Å². The number of para-hydroxylation sites is 1. The van der Waals surface area contributed by atoms with Crippen molar-refractivity contribution in [2.45, 2.75) is 64.7 Å². The number of rotatable bonds is 8. The second-order valence-corrected chi connectivity index (χ2v) is 6.67. The largest absolute Gasteiger partial charge is 0.508 e. The van der Waals surface area contributed by atoms with Crippen molar-refractivity contribution < 1.29 is 5.11 Å². The van der Waals surface area contributed by atoms with Gasteiger partial charge < -0.3 is 5.11 Å². The number of aryl methyl sites for hydroxylation is 1. The average Bonchev–Trinajstić information content (AvgIpc) is 2.59. The number of hydrogen-bond acceptors (Lipinski definition) is 1. The molecule has 0 amide bonds. The zero-order valence-corrected chi connectivity index (χ0v) is 14.8. The molecule has 0 aromatic heterocycles. The molecule has 0 bridgehead atoms. The molecular weight excluding hydrogens is 280 g/mol. The van der Waals surface area contributed by atoms with Crippen LogP contribution in [0.4, 0.5) is 0 Å². The molecule has 0 fully saturated rings. The van der Waals surface area contributed by atoms with Crippen molar-refractivity contribution in [2.24, 2.45) is 0 Å². The van der Waals surface area contributed by atoms with E-state index in [1.165, 1.54) is 36.8 Å². The van der Waals surface area contributed by atoms with Crippen LogP contribution in [0, 0.1) is 0 Å². The van der Waals surface area contributed by atoms with E-state index in [-0.39, 0.29) is 5.41 Å². The molecule has 0 radical (unpaired) electrons. The van der Waals surface area contributed by atoms with E-state index in [1.54, 1.807) is 6.07 Å². The van der Waals surface area contributed by atoms with Crippen molar-refractivity contribution >= 4 is 0 Å². The molecule has 0 saturated carbocycles. The van der Waals surface area contributed by atoms with Gasteiger partial charge in [0.05, 0.1) is 0 Å². The quantitative estimate of drug-likeness (QED) is 0.573. The van der Waals surface area contributed by atoms with Gasteiger partial charge in [0.2, 0.25) is 0 Å². The fourth-order valence-electron chi connectivity index (χ4n) is 3.49. The molecule has 2 rings (SSSR count). The lowest BCUT2D eigenvalue weighted by atomic mass is 9.71. The topological polar surface area (TPSA) is 20.2 Å². The molecule has 0 heterocycles. The van der Waals surface area contributed by atoms with E-state index < -0.39 is 0 Å². The summed E-state index contributed by atoms with van der Waals surface area (Å²) in [6.45, 7) is 6.72. The van der Waals surface area contributed by atoms with Gasteiger partial charge >= 0.3 is 0 Å². The summed E-state index contributed by atoms with van der Waals surface area (Å²) in [7, 11) is 0. The van der Waals surface area contributed by atoms with Gasteiger partial charge in [-0.05, 0) is 36.5 Å². The zero-order chi connectivity index (χ0) is 16.7. The monoisotopic (exact) mass is 310 g/mol. The standard InChI is InChI=1S/C22H30O/c1-4-6-7-8-13-18-14-9-10-15-19(18)22(3,5-2)20-16-11-12-17-21(20)23/h9-12,14-17,23H,4-8,13H2,1-3H3. The Labute approximate surface area is 141 Å². The minimum Gasteiger partial charge on any atom is -0.508 e. The van der Waals surface area contributed by atoms with Crippen LogP contribution in [0.5, 0.6) is 5.75 Å². The van der Waals surface area contributed by atoms with Crippen LogP contribution in [0.3, 0.4) is 0 Å². The van der Waals surface area contributed by atoms with Gasteiger partial charge in [0.1, 0.15) is 5.75 Å². The molecule has 1 atom stereocenters. The number of aromatic hydroxyl groups is 1. The first-order valence-electron chi connectivity index (χ1n) is 9.00. The molecule has 1 nitrogen and oxygen atoms in total. The number of hydrogen-bond donors (Lipinski definition) is 1. The smallest absolute Gasteiger partial charge is 0.119 e. The molecule has 0 saturated heterocycles. The van der Waals surface area contributed by atoms with Crippen molar-refractivity contribution in [3.05, 3.63) is 65.2 Å². The van der Waals surface area contributed by atoms with Gasteiger partial charge in [0.15, 0.2) is 0 Å². The number of phenolic OH excluding ortho intramolecular Hbond substituents is 1. The Morgan fingerprint density at radius 3 is 2.13 bits per heavy atom. The van der Waals surface area contributed by atoms with Crippen LogP contribution in [0.15, 0.2) is 48.5 Å². The van der Waals surface area contributed by atoms with Gasteiger partial charge in [-0.1, -0.05) is 82.5 Å².